The Morgan fingerprint density at radius 1 is 0.950 bits per heavy atom. The molecule has 1 aromatic heterocycles. The number of hydrogen-bond acceptors (Lipinski definition) is 6. The Balaban J connectivity index is 2.11. The van der Waals surface area contributed by atoms with Crippen molar-refractivity contribution in [1.29, 1.82) is 0 Å². The van der Waals surface area contributed by atoms with Crippen LogP contribution < -0.4 is 25.0 Å². The van der Waals surface area contributed by atoms with Crippen molar-refractivity contribution in [1.82, 2.24) is 10.6 Å². The van der Waals surface area contributed by atoms with Crippen molar-refractivity contribution < 1.29 is 23.9 Å². The third kappa shape index (κ3) is 7.63. The molecule has 0 aliphatic carbocycles. The van der Waals surface area contributed by atoms with Crippen LogP contribution in [0.25, 0.3) is 0 Å². The van der Waals surface area contributed by atoms with Crippen LogP contribution in [-0.4, -0.2) is 44.0 Å². The largest absolute Gasteiger partial charge is 0.493 e. The first kappa shape index (κ1) is 30.7. The van der Waals surface area contributed by atoms with Crippen LogP contribution in [0.3, 0.4) is 0 Å². The van der Waals surface area contributed by atoms with Crippen molar-refractivity contribution in [3.63, 3.8) is 0 Å². The fourth-order valence-electron chi connectivity index (χ4n) is 4.25. The minimum absolute atomic E-state index is 0.295. The molecule has 2 atom stereocenters. The zero-order chi connectivity index (χ0) is 29.4. The molecule has 1 heterocycles. The van der Waals surface area contributed by atoms with Gasteiger partial charge in [-0.05, 0) is 79.9 Å². The summed E-state index contributed by atoms with van der Waals surface area (Å²) in [6, 6.07) is 15.2. The highest BCUT2D eigenvalue weighted by molar-refractivity contribution is 7.12. The molecule has 8 nitrogen and oxygen atoms in total. The van der Waals surface area contributed by atoms with Crippen LogP contribution >= 0.6 is 11.3 Å². The number of nitrogens with one attached hydrogen (secondary N) is 2. The fourth-order valence-corrected chi connectivity index (χ4v) is 4.89. The molecular formula is C31H39N3O5S. The van der Waals surface area contributed by atoms with Crippen molar-refractivity contribution in [2.45, 2.75) is 58.5 Å². The number of benzene rings is 2. The predicted molar refractivity (Wildman–Crippen MR) is 159 cm³/mol. The van der Waals surface area contributed by atoms with Gasteiger partial charge in [-0.2, -0.15) is 0 Å². The van der Waals surface area contributed by atoms with Gasteiger partial charge in [0, 0.05) is 11.2 Å². The van der Waals surface area contributed by atoms with Gasteiger partial charge in [-0.15, -0.1) is 11.3 Å². The summed E-state index contributed by atoms with van der Waals surface area (Å²) in [6.45, 7) is 9.60. The van der Waals surface area contributed by atoms with Crippen molar-refractivity contribution in [2.75, 3.05) is 25.7 Å². The van der Waals surface area contributed by atoms with Crippen molar-refractivity contribution in [2.24, 2.45) is 0 Å². The number of methoxy groups -OCH3 is 2. The number of thiophene rings is 1. The molecule has 2 unspecified atom stereocenters. The molecule has 0 saturated heterocycles. The Morgan fingerprint density at radius 3 is 2.15 bits per heavy atom. The van der Waals surface area contributed by atoms with Gasteiger partial charge in [0.2, 0.25) is 11.8 Å². The van der Waals surface area contributed by atoms with Crippen LogP contribution in [0.5, 0.6) is 11.5 Å². The van der Waals surface area contributed by atoms with Crippen LogP contribution in [0.4, 0.5) is 5.69 Å². The van der Waals surface area contributed by atoms with E-state index in [1.165, 1.54) is 30.5 Å². The van der Waals surface area contributed by atoms with E-state index in [0.717, 1.165) is 12.0 Å². The molecule has 2 aromatic carbocycles. The number of carbonyl (C=O) groups excluding carboxylic acids is 3. The Hall–Kier alpha value is -3.85. The SMILES string of the molecule is CCC(C)c1ccc(N(C(=O)CNC(=O)c2cccs2)C(C(=O)NC(C)(C)C)c2ccc(OC)c(OC)c2)cc1. The molecule has 40 heavy (non-hydrogen) atoms. The molecule has 0 bridgehead atoms. The smallest absolute Gasteiger partial charge is 0.261 e. The number of rotatable bonds is 11. The fraction of sp³-hybridized carbons (Fsp3) is 0.387. The average molecular weight is 566 g/mol. The first-order chi connectivity index (χ1) is 19.0. The van der Waals surface area contributed by atoms with Crippen LogP contribution in [0.1, 0.15) is 73.8 Å². The van der Waals surface area contributed by atoms with E-state index >= 15 is 0 Å². The zero-order valence-electron chi connectivity index (χ0n) is 24.2. The lowest BCUT2D eigenvalue weighted by Gasteiger charge is -2.34. The highest BCUT2D eigenvalue weighted by Gasteiger charge is 2.35. The topological polar surface area (TPSA) is 97.0 Å². The summed E-state index contributed by atoms with van der Waals surface area (Å²) in [5.74, 6) is 0.111. The van der Waals surface area contributed by atoms with E-state index in [0.29, 0.717) is 33.5 Å². The maximum absolute atomic E-state index is 13.9. The lowest BCUT2D eigenvalue weighted by molar-refractivity contribution is -0.127. The maximum atomic E-state index is 13.9. The number of amides is 3. The third-order valence-electron chi connectivity index (χ3n) is 6.49. The molecule has 3 amide bonds. The van der Waals surface area contributed by atoms with Crippen LogP contribution in [0, 0.1) is 0 Å². The Morgan fingerprint density at radius 2 is 1.60 bits per heavy atom. The number of nitrogens with zero attached hydrogens (tertiary/aromatic N) is 1. The number of hydrogen-bond donors (Lipinski definition) is 2. The van der Waals surface area contributed by atoms with Gasteiger partial charge in [0.05, 0.1) is 25.6 Å². The monoisotopic (exact) mass is 565 g/mol. The van der Waals surface area contributed by atoms with Crippen LogP contribution in [-0.2, 0) is 9.59 Å². The third-order valence-corrected chi connectivity index (χ3v) is 7.36. The minimum atomic E-state index is -1.06. The van der Waals surface area contributed by atoms with Gasteiger partial charge >= 0.3 is 0 Å². The van der Waals surface area contributed by atoms with E-state index in [-0.39, 0.29) is 18.4 Å². The molecule has 3 rings (SSSR count). The normalized spacial score (nSPS) is 12.7. The summed E-state index contributed by atoms with van der Waals surface area (Å²) in [7, 11) is 3.05. The molecular weight excluding hydrogens is 526 g/mol. The molecule has 214 valence electrons. The van der Waals surface area contributed by atoms with E-state index in [1.54, 1.807) is 35.7 Å². The molecule has 9 heteroatoms. The lowest BCUT2D eigenvalue weighted by Crippen LogP contribution is -2.51. The highest BCUT2D eigenvalue weighted by Crippen LogP contribution is 2.35. The summed E-state index contributed by atoms with van der Waals surface area (Å²) in [5.41, 5.74) is 1.63. The standard InChI is InChI=1S/C31H39N3O5S/c1-8-20(2)21-11-14-23(15-12-21)34(27(35)19-32-29(36)26-10-9-17-40-26)28(30(37)33-31(3,4)5)22-13-16-24(38-6)25(18-22)39-7/h9-18,20,28H,8,19H2,1-7H3,(H,32,36)(H,33,37). The van der Waals surface area contributed by atoms with Gasteiger partial charge in [0.15, 0.2) is 11.5 Å². The molecule has 2 N–H and O–H groups in total. The minimum Gasteiger partial charge on any atom is -0.493 e. The van der Waals surface area contributed by atoms with E-state index in [4.69, 9.17) is 9.47 Å². The Bertz CT molecular complexity index is 1300. The summed E-state index contributed by atoms with van der Waals surface area (Å²) < 4.78 is 10.9. The van der Waals surface area contributed by atoms with Crippen molar-refractivity contribution in [3.05, 3.63) is 76.0 Å². The molecule has 0 spiro atoms. The number of anilines is 1. The molecule has 0 saturated carbocycles. The van der Waals surface area contributed by atoms with E-state index in [9.17, 15) is 14.4 Å². The number of carbonyl (C=O) groups is 3. The second-order valence-electron chi connectivity index (χ2n) is 10.6. The van der Waals surface area contributed by atoms with E-state index in [2.05, 4.69) is 24.5 Å². The highest BCUT2D eigenvalue weighted by atomic mass is 32.1. The van der Waals surface area contributed by atoms with Crippen LogP contribution in [0.15, 0.2) is 60.0 Å². The Kier molecular flexibility index (Phi) is 10.3. The summed E-state index contributed by atoms with van der Waals surface area (Å²) in [4.78, 5) is 42.4. The van der Waals surface area contributed by atoms with Gasteiger partial charge < -0.3 is 20.1 Å². The van der Waals surface area contributed by atoms with Gasteiger partial charge in [-0.1, -0.05) is 38.1 Å². The zero-order valence-corrected chi connectivity index (χ0v) is 25.1. The summed E-state index contributed by atoms with van der Waals surface area (Å²) >= 11 is 1.29. The first-order valence-corrected chi connectivity index (χ1v) is 14.1. The molecule has 3 aromatic rings. The molecule has 0 radical (unpaired) electrons. The van der Waals surface area contributed by atoms with Gasteiger partial charge in [0.1, 0.15) is 6.04 Å². The average Bonchev–Trinajstić information content (AvgIpc) is 3.48. The molecule has 0 fully saturated rings. The van der Waals surface area contributed by atoms with Crippen molar-refractivity contribution >= 4 is 34.7 Å². The van der Waals surface area contributed by atoms with Gasteiger partial charge in [0.25, 0.3) is 5.91 Å². The van der Waals surface area contributed by atoms with E-state index in [1.807, 2.05) is 45.0 Å². The van der Waals surface area contributed by atoms with Gasteiger partial charge in [-0.3, -0.25) is 19.3 Å². The molecule has 0 aliphatic rings. The maximum Gasteiger partial charge on any atom is 0.261 e. The predicted octanol–water partition coefficient (Wildman–Crippen LogP) is 5.70. The summed E-state index contributed by atoms with van der Waals surface area (Å²) in [5, 5.41) is 7.53. The second kappa shape index (κ2) is 13.5. The van der Waals surface area contributed by atoms with Crippen molar-refractivity contribution in [3.8, 4) is 11.5 Å². The Labute approximate surface area is 240 Å². The first-order valence-electron chi connectivity index (χ1n) is 13.3. The molecule has 0 aliphatic heterocycles. The summed E-state index contributed by atoms with van der Waals surface area (Å²) in [6.07, 6.45) is 0.971. The number of ether oxygens (including phenoxy) is 2. The second-order valence-corrected chi connectivity index (χ2v) is 11.5. The quantitative estimate of drug-likeness (QED) is 0.311. The van der Waals surface area contributed by atoms with Crippen LogP contribution in [0.2, 0.25) is 0 Å². The van der Waals surface area contributed by atoms with E-state index < -0.39 is 17.5 Å². The van der Waals surface area contributed by atoms with Gasteiger partial charge in [-0.25, -0.2) is 0 Å². The lowest BCUT2D eigenvalue weighted by atomic mass is 9.97.